The number of carbonyl (C=O) groups is 1. The average molecular weight is 357 g/mol. The molecule has 0 radical (unpaired) electrons. The van der Waals surface area contributed by atoms with Gasteiger partial charge in [0.25, 0.3) is 0 Å². The molecule has 0 bridgehead atoms. The molecule has 0 spiro atoms. The van der Waals surface area contributed by atoms with Crippen LogP contribution in [0.5, 0.6) is 17.2 Å². The summed E-state index contributed by atoms with van der Waals surface area (Å²) in [7, 11) is 4.63. The van der Waals surface area contributed by atoms with Crippen LogP contribution >= 0.6 is 0 Å². The molecule has 2 aromatic rings. The second kappa shape index (κ2) is 9.70. The molecular weight excluding hydrogens is 330 g/mol. The van der Waals surface area contributed by atoms with Crippen molar-refractivity contribution in [3.8, 4) is 17.2 Å². The number of rotatable bonds is 9. The minimum absolute atomic E-state index is 0.0967. The highest BCUT2D eigenvalue weighted by Crippen LogP contribution is 2.39. The quantitative estimate of drug-likeness (QED) is 0.729. The van der Waals surface area contributed by atoms with E-state index >= 15 is 0 Å². The largest absolute Gasteiger partial charge is 0.493 e. The third-order valence-corrected chi connectivity index (χ3v) is 4.16. The zero-order chi connectivity index (χ0) is 18.9. The molecule has 0 aliphatic carbocycles. The molecule has 5 nitrogen and oxygen atoms in total. The number of hydrogen-bond acceptors (Lipinski definition) is 4. The standard InChI is InChI=1S/C21H27NO4/c1-5-6-7-15-8-10-16(11-9-15)12-20(23)22-17-13-18(24-2)21(26-4)19(14-17)25-3/h8-11,13-14H,5-7,12H2,1-4H3,(H,22,23). The smallest absolute Gasteiger partial charge is 0.228 e. The van der Waals surface area contributed by atoms with Crippen LogP contribution in [0.2, 0.25) is 0 Å². The van der Waals surface area contributed by atoms with Crippen molar-refractivity contribution in [2.24, 2.45) is 0 Å². The monoisotopic (exact) mass is 357 g/mol. The van der Waals surface area contributed by atoms with Crippen LogP contribution in [-0.4, -0.2) is 27.2 Å². The summed E-state index contributed by atoms with van der Waals surface area (Å²) in [5, 5.41) is 2.89. The van der Waals surface area contributed by atoms with Crippen molar-refractivity contribution in [2.75, 3.05) is 26.6 Å². The fraction of sp³-hybridized carbons (Fsp3) is 0.381. The Hall–Kier alpha value is -2.69. The molecule has 0 heterocycles. The average Bonchev–Trinajstić information content (AvgIpc) is 2.66. The minimum Gasteiger partial charge on any atom is -0.493 e. The molecule has 2 rings (SSSR count). The zero-order valence-electron chi connectivity index (χ0n) is 15.9. The molecule has 26 heavy (non-hydrogen) atoms. The third kappa shape index (κ3) is 5.15. The molecule has 2 aromatic carbocycles. The lowest BCUT2D eigenvalue weighted by Crippen LogP contribution is -2.14. The van der Waals surface area contributed by atoms with E-state index in [1.54, 1.807) is 33.5 Å². The summed E-state index contributed by atoms with van der Waals surface area (Å²) >= 11 is 0. The van der Waals surface area contributed by atoms with Crippen molar-refractivity contribution in [3.05, 3.63) is 47.5 Å². The second-order valence-corrected chi connectivity index (χ2v) is 6.06. The van der Waals surface area contributed by atoms with E-state index in [2.05, 4.69) is 24.4 Å². The molecule has 0 aliphatic heterocycles. The van der Waals surface area contributed by atoms with Gasteiger partial charge < -0.3 is 19.5 Å². The molecule has 140 valence electrons. The first-order valence-electron chi connectivity index (χ1n) is 8.79. The van der Waals surface area contributed by atoms with Gasteiger partial charge in [-0.05, 0) is 24.0 Å². The van der Waals surface area contributed by atoms with E-state index in [9.17, 15) is 4.79 Å². The number of benzene rings is 2. The number of methoxy groups -OCH3 is 3. The van der Waals surface area contributed by atoms with E-state index in [4.69, 9.17) is 14.2 Å². The number of ether oxygens (including phenoxy) is 3. The highest BCUT2D eigenvalue weighted by atomic mass is 16.5. The first-order valence-corrected chi connectivity index (χ1v) is 8.79. The van der Waals surface area contributed by atoms with Crippen molar-refractivity contribution in [3.63, 3.8) is 0 Å². The van der Waals surface area contributed by atoms with E-state index in [-0.39, 0.29) is 5.91 Å². The maximum atomic E-state index is 12.4. The van der Waals surface area contributed by atoms with Crippen molar-refractivity contribution >= 4 is 11.6 Å². The van der Waals surface area contributed by atoms with Crippen molar-refractivity contribution in [2.45, 2.75) is 32.6 Å². The van der Waals surface area contributed by atoms with Gasteiger partial charge in [-0.2, -0.15) is 0 Å². The molecule has 5 heteroatoms. The summed E-state index contributed by atoms with van der Waals surface area (Å²) < 4.78 is 15.9. The van der Waals surface area contributed by atoms with E-state index in [1.807, 2.05) is 12.1 Å². The minimum atomic E-state index is -0.0967. The van der Waals surface area contributed by atoms with Crippen LogP contribution < -0.4 is 19.5 Å². The molecule has 0 fully saturated rings. The molecular formula is C21H27NO4. The van der Waals surface area contributed by atoms with Gasteiger partial charge in [0.15, 0.2) is 11.5 Å². The third-order valence-electron chi connectivity index (χ3n) is 4.16. The first kappa shape index (κ1) is 19.6. The molecule has 0 atom stereocenters. The van der Waals surface area contributed by atoms with Gasteiger partial charge in [0.2, 0.25) is 11.7 Å². The second-order valence-electron chi connectivity index (χ2n) is 6.06. The van der Waals surface area contributed by atoms with E-state index in [0.29, 0.717) is 29.4 Å². The van der Waals surface area contributed by atoms with Crippen molar-refractivity contribution in [1.29, 1.82) is 0 Å². The van der Waals surface area contributed by atoms with Gasteiger partial charge in [0.1, 0.15) is 0 Å². The van der Waals surface area contributed by atoms with Crippen LogP contribution in [0, 0.1) is 0 Å². The van der Waals surface area contributed by atoms with Crippen LogP contribution in [0.1, 0.15) is 30.9 Å². The SMILES string of the molecule is CCCCc1ccc(CC(=O)Nc2cc(OC)c(OC)c(OC)c2)cc1. The molecule has 0 saturated carbocycles. The van der Waals surface area contributed by atoms with Gasteiger partial charge in [0, 0.05) is 17.8 Å². The van der Waals surface area contributed by atoms with Crippen LogP contribution in [-0.2, 0) is 17.6 Å². The number of nitrogens with one attached hydrogen (secondary N) is 1. The molecule has 0 aliphatic rings. The van der Waals surface area contributed by atoms with Crippen LogP contribution in [0.25, 0.3) is 0 Å². The van der Waals surface area contributed by atoms with Gasteiger partial charge in [-0.25, -0.2) is 0 Å². The predicted octanol–water partition coefficient (Wildman–Crippen LogP) is 4.24. The summed E-state index contributed by atoms with van der Waals surface area (Å²) in [6.07, 6.45) is 3.75. The maximum absolute atomic E-state index is 12.4. The van der Waals surface area contributed by atoms with Gasteiger partial charge in [-0.1, -0.05) is 37.6 Å². The number of aryl methyl sites for hydroxylation is 1. The van der Waals surface area contributed by atoms with Crippen LogP contribution in [0.3, 0.4) is 0 Å². The number of hydrogen-bond donors (Lipinski definition) is 1. The molecule has 0 aromatic heterocycles. The summed E-state index contributed by atoms with van der Waals surface area (Å²) in [5.41, 5.74) is 2.89. The van der Waals surface area contributed by atoms with E-state index in [0.717, 1.165) is 12.0 Å². The van der Waals surface area contributed by atoms with E-state index < -0.39 is 0 Å². The Morgan fingerprint density at radius 3 is 2.00 bits per heavy atom. The number of amides is 1. The Kier molecular flexibility index (Phi) is 7.33. The van der Waals surface area contributed by atoms with Gasteiger partial charge in [0.05, 0.1) is 27.8 Å². The van der Waals surface area contributed by atoms with Crippen molar-refractivity contribution < 1.29 is 19.0 Å². The lowest BCUT2D eigenvalue weighted by Gasteiger charge is -2.14. The Morgan fingerprint density at radius 2 is 1.50 bits per heavy atom. The first-order chi connectivity index (χ1) is 12.6. The summed E-state index contributed by atoms with van der Waals surface area (Å²) in [6, 6.07) is 11.6. The van der Waals surface area contributed by atoms with Crippen LogP contribution in [0.15, 0.2) is 36.4 Å². The number of anilines is 1. The molecule has 0 unspecified atom stereocenters. The van der Waals surface area contributed by atoms with Crippen molar-refractivity contribution in [1.82, 2.24) is 0 Å². The number of carbonyl (C=O) groups excluding carboxylic acids is 1. The van der Waals surface area contributed by atoms with Gasteiger partial charge in [-0.15, -0.1) is 0 Å². The zero-order valence-corrected chi connectivity index (χ0v) is 15.9. The van der Waals surface area contributed by atoms with E-state index in [1.165, 1.54) is 18.4 Å². The van der Waals surface area contributed by atoms with Gasteiger partial charge in [-0.3, -0.25) is 4.79 Å². The topological polar surface area (TPSA) is 56.8 Å². The lowest BCUT2D eigenvalue weighted by molar-refractivity contribution is -0.115. The normalized spacial score (nSPS) is 10.3. The summed E-state index contributed by atoms with van der Waals surface area (Å²) in [6.45, 7) is 2.18. The Morgan fingerprint density at radius 1 is 0.923 bits per heavy atom. The van der Waals surface area contributed by atoms with Crippen LogP contribution in [0.4, 0.5) is 5.69 Å². The Labute approximate surface area is 155 Å². The Bertz CT molecular complexity index is 700. The summed E-state index contributed by atoms with van der Waals surface area (Å²) in [4.78, 5) is 12.4. The Balaban J connectivity index is 2.05. The lowest BCUT2D eigenvalue weighted by atomic mass is 10.0. The molecule has 1 amide bonds. The highest BCUT2D eigenvalue weighted by Gasteiger charge is 2.14. The number of unbranched alkanes of at least 4 members (excludes halogenated alkanes) is 1. The highest BCUT2D eigenvalue weighted by molar-refractivity contribution is 5.93. The maximum Gasteiger partial charge on any atom is 0.228 e. The predicted molar refractivity (Wildman–Crippen MR) is 103 cm³/mol. The summed E-state index contributed by atoms with van der Waals surface area (Å²) in [5.74, 6) is 1.40. The van der Waals surface area contributed by atoms with Gasteiger partial charge >= 0.3 is 0 Å². The molecule has 1 N–H and O–H groups in total. The fourth-order valence-electron chi connectivity index (χ4n) is 2.75. The fourth-order valence-corrected chi connectivity index (χ4v) is 2.75. The molecule has 0 saturated heterocycles.